The molecule has 2 aromatic rings. The van der Waals surface area contributed by atoms with Gasteiger partial charge in [-0.3, -0.25) is 14.9 Å². The number of nitrogens with zero attached hydrogens (tertiary/aromatic N) is 2. The first kappa shape index (κ1) is 19.4. The van der Waals surface area contributed by atoms with Gasteiger partial charge in [-0.1, -0.05) is 17.8 Å². The third kappa shape index (κ3) is 3.72. The summed E-state index contributed by atoms with van der Waals surface area (Å²) in [6.07, 6.45) is 2.48. The molecule has 0 atom stereocenters. The number of hydrogen-bond acceptors (Lipinski definition) is 5. The van der Waals surface area contributed by atoms with E-state index in [9.17, 15) is 14.4 Å². The summed E-state index contributed by atoms with van der Waals surface area (Å²) in [6, 6.07) is 9.26. The van der Waals surface area contributed by atoms with Crippen LogP contribution in [0.3, 0.4) is 0 Å². The number of hydrogen-bond donors (Lipinski definition) is 2. The van der Waals surface area contributed by atoms with Crippen LogP contribution in [0.2, 0.25) is 0 Å². The zero-order valence-corrected chi connectivity index (χ0v) is 17.1. The zero-order valence-electron chi connectivity index (χ0n) is 16.3. The monoisotopic (exact) mass is 410 g/mol. The minimum Gasteiger partial charge on any atom is -0.338 e. The maximum Gasteiger partial charge on any atom is 0.322 e. The topological polar surface area (TPSA) is 91.4 Å². The molecule has 4 rings (SSSR count). The Morgan fingerprint density at radius 1 is 1.14 bits per heavy atom. The number of imide groups is 1. The van der Waals surface area contributed by atoms with Gasteiger partial charge in [0.2, 0.25) is 0 Å². The average molecular weight is 410 g/mol. The molecule has 29 heavy (non-hydrogen) atoms. The van der Waals surface area contributed by atoms with Crippen molar-refractivity contribution in [2.45, 2.75) is 42.1 Å². The van der Waals surface area contributed by atoms with Gasteiger partial charge in [-0.25, -0.2) is 9.78 Å². The second-order valence-electron chi connectivity index (χ2n) is 7.49. The summed E-state index contributed by atoms with van der Waals surface area (Å²) in [5, 5.41) is 5.67. The van der Waals surface area contributed by atoms with E-state index < -0.39 is 11.6 Å². The van der Waals surface area contributed by atoms with Crippen LogP contribution < -0.4 is 10.6 Å². The lowest BCUT2D eigenvalue weighted by molar-refractivity contribution is -0.125. The molecular weight excluding hydrogens is 388 g/mol. The highest BCUT2D eigenvalue weighted by atomic mass is 32.2. The van der Waals surface area contributed by atoms with Crippen molar-refractivity contribution in [2.75, 3.05) is 13.1 Å². The number of urea groups is 1. The number of carbonyl (C=O) groups excluding carboxylic acids is 3. The zero-order chi connectivity index (χ0) is 20.6. The molecule has 2 aliphatic heterocycles. The van der Waals surface area contributed by atoms with Crippen LogP contribution in [0.5, 0.6) is 0 Å². The molecule has 0 bridgehead atoms. The smallest absolute Gasteiger partial charge is 0.322 e. The van der Waals surface area contributed by atoms with Crippen LogP contribution in [0.4, 0.5) is 4.79 Å². The van der Waals surface area contributed by atoms with Crippen LogP contribution in [0.1, 0.15) is 34.3 Å². The van der Waals surface area contributed by atoms with Crippen LogP contribution in [0, 0.1) is 13.8 Å². The summed E-state index contributed by atoms with van der Waals surface area (Å²) in [4.78, 5) is 44.0. The molecule has 1 spiro atoms. The fourth-order valence-electron chi connectivity index (χ4n) is 3.67. The Kier molecular flexibility index (Phi) is 5.04. The van der Waals surface area contributed by atoms with Crippen molar-refractivity contribution in [3.05, 3.63) is 53.2 Å². The fraction of sp³-hybridized carbons (Fsp3) is 0.333. The summed E-state index contributed by atoms with van der Waals surface area (Å²) in [5.74, 6) is -0.411. The first-order valence-electron chi connectivity index (χ1n) is 9.51. The second kappa shape index (κ2) is 7.51. The third-order valence-electron chi connectivity index (χ3n) is 5.61. The van der Waals surface area contributed by atoms with Gasteiger partial charge >= 0.3 is 6.03 Å². The van der Waals surface area contributed by atoms with E-state index in [1.54, 1.807) is 23.2 Å². The standard InChI is InChI=1S/C21H22N4O3S/c1-13-5-6-15(12-14(13)2)29-17-16(4-3-9-22-17)18(26)25-10-7-21(8-11-25)19(27)23-20(28)24-21/h3-6,9,12H,7-8,10-11H2,1-2H3,(H2,23,24,27,28). The number of aryl methyl sites for hydroxylation is 2. The molecule has 4 amide bonds. The molecule has 2 saturated heterocycles. The molecule has 0 radical (unpaired) electrons. The van der Waals surface area contributed by atoms with E-state index in [1.807, 2.05) is 6.07 Å². The molecule has 0 saturated carbocycles. The highest BCUT2D eigenvalue weighted by Crippen LogP contribution is 2.32. The Bertz CT molecular complexity index is 999. The highest BCUT2D eigenvalue weighted by Gasteiger charge is 2.48. The first-order chi connectivity index (χ1) is 13.9. The Labute approximate surface area is 173 Å². The van der Waals surface area contributed by atoms with Crippen molar-refractivity contribution in [1.29, 1.82) is 0 Å². The van der Waals surface area contributed by atoms with Gasteiger partial charge in [0.05, 0.1) is 5.56 Å². The van der Waals surface area contributed by atoms with Crippen LogP contribution in [-0.4, -0.2) is 46.4 Å². The molecule has 2 fully saturated rings. The average Bonchev–Trinajstić information content (AvgIpc) is 2.98. The number of pyridine rings is 1. The van der Waals surface area contributed by atoms with Gasteiger partial charge in [0.1, 0.15) is 10.6 Å². The maximum atomic E-state index is 13.2. The lowest BCUT2D eigenvalue weighted by atomic mass is 9.87. The van der Waals surface area contributed by atoms with E-state index in [-0.39, 0.29) is 11.8 Å². The number of benzene rings is 1. The summed E-state index contributed by atoms with van der Waals surface area (Å²) in [5.41, 5.74) is 2.07. The minimum absolute atomic E-state index is 0.107. The first-order valence-corrected chi connectivity index (χ1v) is 10.3. The molecule has 3 heterocycles. The number of carbonyl (C=O) groups is 3. The molecule has 1 aromatic heterocycles. The summed E-state index contributed by atoms with van der Waals surface area (Å²) in [6.45, 7) is 4.92. The minimum atomic E-state index is -0.889. The van der Waals surface area contributed by atoms with Crippen LogP contribution in [-0.2, 0) is 4.79 Å². The largest absolute Gasteiger partial charge is 0.338 e. The SMILES string of the molecule is Cc1ccc(Sc2ncccc2C(=O)N2CCC3(CC2)NC(=O)NC3=O)cc1C. The van der Waals surface area contributed by atoms with Gasteiger partial charge in [-0.15, -0.1) is 0 Å². The van der Waals surface area contributed by atoms with E-state index in [0.29, 0.717) is 36.5 Å². The quantitative estimate of drug-likeness (QED) is 0.759. The van der Waals surface area contributed by atoms with Crippen molar-refractivity contribution in [1.82, 2.24) is 20.5 Å². The van der Waals surface area contributed by atoms with E-state index in [4.69, 9.17) is 0 Å². The Morgan fingerprint density at radius 2 is 1.90 bits per heavy atom. The Hall–Kier alpha value is -2.87. The van der Waals surface area contributed by atoms with Crippen molar-refractivity contribution in [2.24, 2.45) is 0 Å². The van der Waals surface area contributed by atoms with E-state index in [1.165, 1.54) is 22.9 Å². The maximum absolute atomic E-state index is 13.2. The van der Waals surface area contributed by atoms with Crippen molar-refractivity contribution < 1.29 is 14.4 Å². The number of rotatable bonds is 3. The predicted octanol–water partition coefficient (Wildman–Crippen LogP) is 2.66. The van der Waals surface area contributed by atoms with Crippen molar-refractivity contribution in [3.8, 4) is 0 Å². The molecule has 2 N–H and O–H groups in total. The molecule has 1 aromatic carbocycles. The number of piperidine rings is 1. The molecule has 150 valence electrons. The Balaban J connectivity index is 1.50. The second-order valence-corrected chi connectivity index (χ2v) is 8.55. The molecule has 8 heteroatoms. The van der Waals surface area contributed by atoms with E-state index in [0.717, 1.165) is 4.90 Å². The molecule has 7 nitrogen and oxygen atoms in total. The summed E-state index contributed by atoms with van der Waals surface area (Å²) < 4.78 is 0. The number of aromatic nitrogens is 1. The number of nitrogens with one attached hydrogen (secondary N) is 2. The molecule has 0 unspecified atom stereocenters. The molecule has 0 aliphatic carbocycles. The fourth-order valence-corrected chi connectivity index (χ4v) is 4.64. The highest BCUT2D eigenvalue weighted by molar-refractivity contribution is 7.99. The normalized spacial score (nSPS) is 17.9. The number of amides is 4. The molecule has 2 aliphatic rings. The van der Waals surface area contributed by atoms with Crippen molar-refractivity contribution in [3.63, 3.8) is 0 Å². The Morgan fingerprint density at radius 3 is 2.55 bits per heavy atom. The third-order valence-corrected chi connectivity index (χ3v) is 6.62. The van der Waals surface area contributed by atoms with E-state index >= 15 is 0 Å². The van der Waals surface area contributed by atoms with Crippen LogP contribution in [0.25, 0.3) is 0 Å². The van der Waals surface area contributed by atoms with E-state index in [2.05, 4.69) is 41.6 Å². The van der Waals surface area contributed by atoms with Crippen LogP contribution >= 0.6 is 11.8 Å². The van der Waals surface area contributed by atoms with Crippen LogP contribution in [0.15, 0.2) is 46.5 Å². The van der Waals surface area contributed by atoms with Gasteiger partial charge in [0.25, 0.3) is 11.8 Å². The lowest BCUT2D eigenvalue weighted by Crippen LogP contribution is -2.55. The summed E-state index contributed by atoms with van der Waals surface area (Å²) >= 11 is 1.47. The van der Waals surface area contributed by atoms with Gasteiger partial charge in [-0.05, 0) is 62.1 Å². The van der Waals surface area contributed by atoms with Crippen molar-refractivity contribution >= 4 is 29.6 Å². The van der Waals surface area contributed by atoms with Gasteiger partial charge < -0.3 is 10.2 Å². The lowest BCUT2D eigenvalue weighted by Gasteiger charge is -2.37. The number of likely N-dealkylation sites (tertiary alicyclic amines) is 1. The summed E-state index contributed by atoms with van der Waals surface area (Å²) in [7, 11) is 0. The molecular formula is C21H22N4O3S. The van der Waals surface area contributed by atoms with Gasteiger partial charge in [0.15, 0.2) is 0 Å². The van der Waals surface area contributed by atoms with Gasteiger partial charge in [-0.2, -0.15) is 0 Å². The predicted molar refractivity (Wildman–Crippen MR) is 109 cm³/mol. The van der Waals surface area contributed by atoms with Gasteiger partial charge in [0, 0.05) is 24.2 Å².